The van der Waals surface area contributed by atoms with Crippen molar-refractivity contribution in [3.8, 4) is 0 Å². The number of anilines is 1. The van der Waals surface area contributed by atoms with Crippen LogP contribution in [0.25, 0.3) is 0 Å². The highest BCUT2D eigenvalue weighted by atomic mass is 35.5. The first-order chi connectivity index (χ1) is 9.70. The zero-order valence-corrected chi connectivity index (χ0v) is 13.4. The highest BCUT2D eigenvalue weighted by Crippen LogP contribution is 2.25. The van der Waals surface area contributed by atoms with Gasteiger partial charge >= 0.3 is 0 Å². The summed E-state index contributed by atoms with van der Waals surface area (Å²) in [6.45, 7) is 11.1. The largest absolute Gasteiger partial charge is 0.368 e. The average molecular weight is 296 g/mol. The van der Waals surface area contributed by atoms with Crippen molar-refractivity contribution in [3.63, 3.8) is 0 Å². The summed E-state index contributed by atoms with van der Waals surface area (Å²) in [4.78, 5) is 4.92. The van der Waals surface area contributed by atoms with Crippen LogP contribution >= 0.6 is 11.6 Å². The van der Waals surface area contributed by atoms with E-state index in [0.29, 0.717) is 6.04 Å². The number of benzene rings is 1. The van der Waals surface area contributed by atoms with Crippen LogP contribution in [-0.2, 0) is 0 Å². The summed E-state index contributed by atoms with van der Waals surface area (Å²) < 4.78 is 0. The standard InChI is InChI=1S/C16H26ClN3/c1-3-14(2)18-8-9-19-10-12-20(13-11-19)16-7-5-4-6-15(16)17/h4-7,14,18H,3,8-13H2,1-2H3. The number of halogens is 1. The molecule has 3 nitrogen and oxygen atoms in total. The third kappa shape index (κ3) is 4.37. The quantitative estimate of drug-likeness (QED) is 0.871. The van der Waals surface area contributed by atoms with E-state index in [2.05, 4.69) is 41.1 Å². The van der Waals surface area contributed by atoms with Gasteiger partial charge in [0.05, 0.1) is 10.7 Å². The summed E-state index contributed by atoms with van der Waals surface area (Å²) in [6, 6.07) is 8.76. The second kappa shape index (κ2) is 7.87. The van der Waals surface area contributed by atoms with Gasteiger partial charge in [0.2, 0.25) is 0 Å². The van der Waals surface area contributed by atoms with E-state index in [0.717, 1.165) is 44.3 Å². The van der Waals surface area contributed by atoms with Gasteiger partial charge in [-0.3, -0.25) is 4.90 Å². The number of piperazine rings is 1. The lowest BCUT2D eigenvalue weighted by Crippen LogP contribution is -2.48. The molecule has 0 saturated carbocycles. The first kappa shape index (κ1) is 15.6. The molecule has 1 fully saturated rings. The highest BCUT2D eigenvalue weighted by molar-refractivity contribution is 6.33. The molecule has 1 aromatic rings. The van der Waals surface area contributed by atoms with Gasteiger partial charge in [-0.05, 0) is 25.5 Å². The summed E-state index contributed by atoms with van der Waals surface area (Å²) in [5.74, 6) is 0. The fourth-order valence-corrected chi connectivity index (χ4v) is 2.79. The van der Waals surface area contributed by atoms with Crippen LogP contribution in [0.3, 0.4) is 0 Å². The van der Waals surface area contributed by atoms with E-state index >= 15 is 0 Å². The Bertz CT molecular complexity index is 402. The van der Waals surface area contributed by atoms with E-state index < -0.39 is 0 Å². The molecule has 1 N–H and O–H groups in total. The van der Waals surface area contributed by atoms with Gasteiger partial charge in [-0.2, -0.15) is 0 Å². The third-order valence-corrected chi connectivity index (χ3v) is 4.42. The first-order valence-electron chi connectivity index (χ1n) is 7.66. The molecule has 0 aliphatic carbocycles. The minimum absolute atomic E-state index is 0.624. The van der Waals surface area contributed by atoms with Gasteiger partial charge in [0.25, 0.3) is 0 Å². The van der Waals surface area contributed by atoms with Crippen molar-refractivity contribution in [2.24, 2.45) is 0 Å². The van der Waals surface area contributed by atoms with Crippen molar-refractivity contribution in [3.05, 3.63) is 29.3 Å². The van der Waals surface area contributed by atoms with Crippen molar-refractivity contribution in [2.75, 3.05) is 44.2 Å². The number of nitrogens with one attached hydrogen (secondary N) is 1. The predicted molar refractivity (Wildman–Crippen MR) is 87.9 cm³/mol. The second-order valence-corrected chi connectivity index (χ2v) is 5.95. The van der Waals surface area contributed by atoms with E-state index in [9.17, 15) is 0 Å². The van der Waals surface area contributed by atoms with E-state index in [-0.39, 0.29) is 0 Å². The number of hydrogen-bond donors (Lipinski definition) is 1. The molecule has 1 aliphatic heterocycles. The van der Waals surface area contributed by atoms with Crippen LogP contribution in [0.2, 0.25) is 5.02 Å². The Kier molecular flexibility index (Phi) is 6.14. The van der Waals surface area contributed by atoms with E-state index in [4.69, 9.17) is 11.6 Å². The molecule has 4 heteroatoms. The number of para-hydroxylation sites is 1. The van der Waals surface area contributed by atoms with Gasteiger partial charge in [0.1, 0.15) is 0 Å². The Balaban J connectivity index is 1.74. The predicted octanol–water partition coefficient (Wildman–Crippen LogP) is 2.85. The van der Waals surface area contributed by atoms with Crippen LogP contribution in [-0.4, -0.2) is 50.2 Å². The van der Waals surface area contributed by atoms with Crippen LogP contribution in [0, 0.1) is 0 Å². The molecule has 1 aromatic carbocycles. The molecule has 0 amide bonds. The molecule has 1 unspecified atom stereocenters. The fraction of sp³-hybridized carbons (Fsp3) is 0.625. The van der Waals surface area contributed by atoms with E-state index in [1.807, 2.05) is 12.1 Å². The van der Waals surface area contributed by atoms with Crippen LogP contribution < -0.4 is 10.2 Å². The van der Waals surface area contributed by atoms with Crippen LogP contribution in [0.15, 0.2) is 24.3 Å². The molecular formula is C16H26ClN3. The molecule has 1 atom stereocenters. The molecule has 112 valence electrons. The van der Waals surface area contributed by atoms with E-state index in [1.165, 1.54) is 12.1 Å². The van der Waals surface area contributed by atoms with Crippen LogP contribution in [0.5, 0.6) is 0 Å². The van der Waals surface area contributed by atoms with Crippen LogP contribution in [0.4, 0.5) is 5.69 Å². The van der Waals surface area contributed by atoms with Crippen molar-refractivity contribution < 1.29 is 0 Å². The molecule has 0 bridgehead atoms. The van der Waals surface area contributed by atoms with Crippen LogP contribution in [0.1, 0.15) is 20.3 Å². The lowest BCUT2D eigenvalue weighted by atomic mass is 10.2. The number of rotatable bonds is 6. The normalized spacial score (nSPS) is 18.2. The molecule has 0 radical (unpaired) electrons. The summed E-state index contributed by atoms with van der Waals surface area (Å²) >= 11 is 6.26. The Labute approximate surface area is 127 Å². The molecule has 1 aliphatic rings. The zero-order chi connectivity index (χ0) is 14.4. The maximum absolute atomic E-state index is 6.26. The number of nitrogens with zero attached hydrogens (tertiary/aromatic N) is 2. The van der Waals surface area contributed by atoms with Crippen molar-refractivity contribution in [1.29, 1.82) is 0 Å². The molecule has 1 saturated heterocycles. The average Bonchev–Trinajstić information content (AvgIpc) is 2.48. The molecule has 0 spiro atoms. The van der Waals surface area contributed by atoms with Gasteiger partial charge in [-0.15, -0.1) is 0 Å². The number of hydrogen-bond acceptors (Lipinski definition) is 3. The summed E-state index contributed by atoms with van der Waals surface area (Å²) in [5, 5.41) is 4.42. The fourth-order valence-electron chi connectivity index (χ4n) is 2.53. The van der Waals surface area contributed by atoms with Crippen molar-refractivity contribution in [2.45, 2.75) is 26.3 Å². The topological polar surface area (TPSA) is 18.5 Å². The minimum Gasteiger partial charge on any atom is -0.368 e. The van der Waals surface area contributed by atoms with Gasteiger partial charge in [-0.25, -0.2) is 0 Å². The van der Waals surface area contributed by atoms with Gasteiger partial charge in [0.15, 0.2) is 0 Å². The SMILES string of the molecule is CCC(C)NCCN1CCN(c2ccccc2Cl)CC1. The summed E-state index contributed by atoms with van der Waals surface area (Å²) in [7, 11) is 0. The molecular weight excluding hydrogens is 270 g/mol. The Hall–Kier alpha value is -0.770. The minimum atomic E-state index is 0.624. The molecule has 2 rings (SSSR count). The monoisotopic (exact) mass is 295 g/mol. The lowest BCUT2D eigenvalue weighted by Gasteiger charge is -2.36. The molecule has 1 heterocycles. The maximum atomic E-state index is 6.26. The maximum Gasteiger partial charge on any atom is 0.0639 e. The Morgan fingerprint density at radius 2 is 1.90 bits per heavy atom. The third-order valence-electron chi connectivity index (χ3n) is 4.10. The Morgan fingerprint density at radius 3 is 2.55 bits per heavy atom. The first-order valence-corrected chi connectivity index (χ1v) is 8.03. The van der Waals surface area contributed by atoms with Gasteiger partial charge in [0, 0.05) is 45.3 Å². The smallest absolute Gasteiger partial charge is 0.0639 e. The Morgan fingerprint density at radius 1 is 1.20 bits per heavy atom. The highest BCUT2D eigenvalue weighted by Gasteiger charge is 2.18. The lowest BCUT2D eigenvalue weighted by molar-refractivity contribution is 0.254. The molecule has 0 aromatic heterocycles. The van der Waals surface area contributed by atoms with Gasteiger partial charge in [-0.1, -0.05) is 30.7 Å². The second-order valence-electron chi connectivity index (χ2n) is 5.54. The summed E-state index contributed by atoms with van der Waals surface area (Å²) in [5.41, 5.74) is 1.17. The zero-order valence-electron chi connectivity index (χ0n) is 12.6. The van der Waals surface area contributed by atoms with Crippen molar-refractivity contribution in [1.82, 2.24) is 10.2 Å². The van der Waals surface area contributed by atoms with Gasteiger partial charge < -0.3 is 10.2 Å². The summed E-state index contributed by atoms with van der Waals surface area (Å²) in [6.07, 6.45) is 1.19. The van der Waals surface area contributed by atoms with E-state index in [1.54, 1.807) is 0 Å². The van der Waals surface area contributed by atoms with Crippen molar-refractivity contribution >= 4 is 17.3 Å². The molecule has 20 heavy (non-hydrogen) atoms.